The van der Waals surface area contributed by atoms with E-state index in [2.05, 4.69) is 74.6 Å². The van der Waals surface area contributed by atoms with E-state index in [1.165, 1.54) is 116 Å². The second-order valence-electron chi connectivity index (χ2n) is 19.1. The average Bonchev–Trinajstić information content (AvgIpc) is 3.27. The van der Waals surface area contributed by atoms with Gasteiger partial charge in [-0.3, -0.25) is 9.59 Å². The van der Waals surface area contributed by atoms with Crippen LogP contribution in [-0.4, -0.2) is 75.5 Å². The third-order valence-corrected chi connectivity index (χ3v) is 11.9. The van der Waals surface area contributed by atoms with E-state index < -0.39 is 18.1 Å². The first-order chi connectivity index (χ1) is 31.6. The van der Waals surface area contributed by atoms with E-state index in [0.29, 0.717) is 12.8 Å². The largest absolute Gasteiger partial charge is 0.544 e. The van der Waals surface area contributed by atoms with Crippen molar-refractivity contribution in [3.63, 3.8) is 0 Å². The zero-order chi connectivity index (χ0) is 47.7. The molecular weight excluding hydrogens is 811 g/mol. The minimum Gasteiger partial charge on any atom is -0.544 e. The first-order valence-corrected chi connectivity index (χ1v) is 26.8. The van der Waals surface area contributed by atoms with Gasteiger partial charge in [0.1, 0.15) is 12.6 Å². The number of aliphatic carboxylic acids is 1. The second-order valence-corrected chi connectivity index (χ2v) is 19.1. The lowest BCUT2D eigenvalue weighted by molar-refractivity contribution is -0.889. The van der Waals surface area contributed by atoms with E-state index in [1.807, 2.05) is 0 Å². The number of esters is 2. The first kappa shape index (κ1) is 62.0. The standard InChI is InChI=1S/C57H101NO7/c1-6-8-10-12-14-16-18-20-22-24-26-27-28-30-32-34-36-38-40-42-44-46-48-56(60)65-53(51-63-50-49-54(57(61)62)58(3,4)5)52-64-55(59)47-45-43-41-39-37-35-33-31-29-25-23-21-19-17-15-13-11-9-7-2/h8,10,14,16,20,22,26-27,30,32,53-54H,6-7,9,11-13,15,17-19,21,23-25,28-29,31,33-52H2,1-5H3/b10-8+,16-14+,22-20+,27-26+,32-30+. The van der Waals surface area contributed by atoms with Crippen LogP contribution in [0.2, 0.25) is 0 Å². The fourth-order valence-corrected chi connectivity index (χ4v) is 7.81. The van der Waals surface area contributed by atoms with Crippen LogP contribution in [0.5, 0.6) is 0 Å². The quantitative estimate of drug-likeness (QED) is 0.0259. The van der Waals surface area contributed by atoms with Gasteiger partial charge in [0, 0.05) is 19.3 Å². The molecule has 0 bridgehead atoms. The molecule has 8 heteroatoms. The summed E-state index contributed by atoms with van der Waals surface area (Å²) in [6, 6.07) is -0.730. The Bertz CT molecular complexity index is 1250. The van der Waals surface area contributed by atoms with Crippen LogP contribution in [0.4, 0.5) is 0 Å². The van der Waals surface area contributed by atoms with Crippen molar-refractivity contribution in [3.8, 4) is 0 Å². The zero-order valence-electron chi connectivity index (χ0n) is 42.9. The SMILES string of the molecule is CC/C=C/C/C=C/C/C=C/C/C=C/C/C=C/CCCCCCCCC(=O)OC(COCCC(C(=O)[O-])[N+](C)(C)C)COC(=O)CCCCCCCCCCCCCCCCCCCCC. The molecule has 0 saturated heterocycles. The lowest BCUT2D eigenvalue weighted by Gasteiger charge is -2.34. The number of carbonyl (C=O) groups is 3. The smallest absolute Gasteiger partial charge is 0.306 e. The number of hydrogen-bond acceptors (Lipinski definition) is 7. The summed E-state index contributed by atoms with van der Waals surface area (Å²) in [5.74, 6) is -1.75. The number of allylic oxidation sites excluding steroid dienone is 10. The van der Waals surface area contributed by atoms with E-state index >= 15 is 0 Å². The molecule has 376 valence electrons. The molecule has 2 unspecified atom stereocenters. The van der Waals surface area contributed by atoms with E-state index in [9.17, 15) is 19.5 Å². The Hall–Kier alpha value is -2.97. The van der Waals surface area contributed by atoms with Crippen LogP contribution in [0.25, 0.3) is 0 Å². The van der Waals surface area contributed by atoms with E-state index in [-0.39, 0.29) is 42.7 Å². The molecule has 0 spiro atoms. The third-order valence-electron chi connectivity index (χ3n) is 11.9. The van der Waals surface area contributed by atoms with Gasteiger partial charge in [0.05, 0.1) is 40.3 Å². The minimum absolute atomic E-state index is 0.0348. The van der Waals surface area contributed by atoms with Crippen molar-refractivity contribution < 1.29 is 38.2 Å². The molecule has 8 nitrogen and oxygen atoms in total. The highest BCUT2D eigenvalue weighted by Crippen LogP contribution is 2.16. The molecule has 0 heterocycles. The first-order valence-electron chi connectivity index (χ1n) is 26.8. The van der Waals surface area contributed by atoms with Crippen molar-refractivity contribution in [3.05, 3.63) is 60.8 Å². The summed E-state index contributed by atoms with van der Waals surface area (Å²) in [7, 11) is 5.41. The van der Waals surface area contributed by atoms with E-state index in [0.717, 1.165) is 83.5 Å². The molecule has 0 aromatic carbocycles. The number of likely N-dealkylation sites (N-methyl/N-ethyl adjacent to an activating group) is 1. The summed E-state index contributed by atoms with van der Waals surface area (Å²) < 4.78 is 17.3. The Labute approximate surface area is 400 Å². The highest BCUT2D eigenvalue weighted by Gasteiger charge is 2.25. The number of quaternary nitrogens is 1. The number of unbranched alkanes of at least 4 members (excludes halogenated alkanes) is 24. The van der Waals surface area contributed by atoms with Crippen LogP contribution in [0, 0.1) is 0 Å². The molecule has 0 radical (unpaired) electrons. The van der Waals surface area contributed by atoms with Gasteiger partial charge in [-0.05, 0) is 57.8 Å². The molecule has 0 aromatic rings. The number of nitrogens with zero attached hydrogens (tertiary/aromatic N) is 1. The summed E-state index contributed by atoms with van der Waals surface area (Å²) in [5, 5.41) is 11.7. The fraction of sp³-hybridized carbons (Fsp3) is 0.772. The average molecular weight is 912 g/mol. The Kier molecular flexibility index (Phi) is 45.3. The molecule has 0 aromatic heterocycles. The lowest BCUT2D eigenvalue weighted by Crippen LogP contribution is -2.55. The Balaban J connectivity index is 4.25. The monoisotopic (exact) mass is 912 g/mol. The summed E-state index contributed by atoms with van der Waals surface area (Å²) in [6.45, 7) is 4.56. The third kappa shape index (κ3) is 46.0. The summed E-state index contributed by atoms with van der Waals surface area (Å²) in [4.78, 5) is 37.1. The zero-order valence-corrected chi connectivity index (χ0v) is 42.9. The highest BCUT2D eigenvalue weighted by molar-refractivity contribution is 5.70. The van der Waals surface area contributed by atoms with Gasteiger partial charge in [0.15, 0.2) is 6.10 Å². The molecule has 0 fully saturated rings. The van der Waals surface area contributed by atoms with Crippen LogP contribution in [0.15, 0.2) is 60.8 Å². The molecule has 0 aliphatic rings. The fourth-order valence-electron chi connectivity index (χ4n) is 7.81. The number of ether oxygens (including phenoxy) is 3. The van der Waals surface area contributed by atoms with Crippen molar-refractivity contribution in [1.29, 1.82) is 0 Å². The van der Waals surface area contributed by atoms with Gasteiger partial charge in [-0.2, -0.15) is 0 Å². The van der Waals surface area contributed by atoms with Gasteiger partial charge in [-0.1, -0.05) is 216 Å². The van der Waals surface area contributed by atoms with Crippen molar-refractivity contribution in [2.75, 3.05) is 41.0 Å². The Morgan fingerprint density at radius 1 is 0.477 bits per heavy atom. The van der Waals surface area contributed by atoms with Crippen LogP contribution in [-0.2, 0) is 28.6 Å². The van der Waals surface area contributed by atoms with Crippen LogP contribution in [0.1, 0.15) is 232 Å². The molecular formula is C57H101NO7. The summed E-state index contributed by atoms with van der Waals surface area (Å²) in [5.41, 5.74) is 0. The minimum atomic E-state index is -1.13. The van der Waals surface area contributed by atoms with Gasteiger partial charge in [0.25, 0.3) is 0 Å². The van der Waals surface area contributed by atoms with Crippen LogP contribution >= 0.6 is 0 Å². The van der Waals surface area contributed by atoms with Crippen molar-refractivity contribution >= 4 is 17.9 Å². The second kappa shape index (κ2) is 47.5. The topological polar surface area (TPSA) is 102 Å². The predicted octanol–water partition coefficient (Wildman–Crippen LogP) is 14.4. The van der Waals surface area contributed by atoms with Crippen LogP contribution in [0.3, 0.4) is 0 Å². The molecule has 0 aliphatic carbocycles. The highest BCUT2D eigenvalue weighted by atomic mass is 16.6. The van der Waals surface area contributed by atoms with Gasteiger partial charge >= 0.3 is 11.9 Å². The van der Waals surface area contributed by atoms with Crippen molar-refractivity contribution in [1.82, 2.24) is 0 Å². The van der Waals surface area contributed by atoms with Crippen LogP contribution < -0.4 is 5.11 Å². The molecule has 0 aliphatic heterocycles. The lowest BCUT2D eigenvalue weighted by atomic mass is 10.0. The molecule has 2 atom stereocenters. The maximum absolute atomic E-state index is 12.8. The van der Waals surface area contributed by atoms with Gasteiger partial charge in [0.2, 0.25) is 0 Å². The molecule has 0 saturated carbocycles. The number of rotatable bonds is 48. The molecule has 0 amide bonds. The van der Waals surface area contributed by atoms with Crippen molar-refractivity contribution in [2.45, 2.75) is 244 Å². The molecule has 0 N–H and O–H groups in total. The summed E-state index contributed by atoms with van der Waals surface area (Å²) in [6.07, 6.45) is 59.6. The Morgan fingerprint density at radius 2 is 0.862 bits per heavy atom. The maximum Gasteiger partial charge on any atom is 0.306 e. The predicted molar refractivity (Wildman–Crippen MR) is 273 cm³/mol. The van der Waals surface area contributed by atoms with E-state index in [4.69, 9.17) is 14.2 Å². The maximum atomic E-state index is 12.8. The Morgan fingerprint density at radius 3 is 1.28 bits per heavy atom. The number of carbonyl (C=O) groups excluding carboxylic acids is 3. The number of hydrogen-bond donors (Lipinski definition) is 0. The number of carboxylic acids is 1. The normalized spacial score (nSPS) is 13.3. The van der Waals surface area contributed by atoms with Gasteiger partial charge < -0.3 is 28.6 Å². The van der Waals surface area contributed by atoms with Crippen molar-refractivity contribution in [2.24, 2.45) is 0 Å². The molecule has 0 rings (SSSR count). The van der Waals surface area contributed by atoms with E-state index in [1.54, 1.807) is 21.1 Å². The number of carboxylic acid groups (broad SMARTS) is 1. The summed E-state index contributed by atoms with van der Waals surface area (Å²) >= 11 is 0. The van der Waals surface area contributed by atoms with Gasteiger partial charge in [-0.15, -0.1) is 0 Å². The van der Waals surface area contributed by atoms with Gasteiger partial charge in [-0.25, -0.2) is 0 Å². The molecule has 65 heavy (non-hydrogen) atoms.